The van der Waals surface area contributed by atoms with E-state index in [4.69, 9.17) is 5.73 Å². The standard InChI is InChI=1S/C18H24N2/c1-15(12-13-19)14-20(2)18-10-8-17(9-11-18)16-6-4-3-5-7-16/h3-11,15H,12-14,19H2,1-2H3. The van der Waals surface area contributed by atoms with Gasteiger partial charge in [0.1, 0.15) is 0 Å². The predicted octanol–water partition coefficient (Wildman–Crippen LogP) is 3.77. The Morgan fingerprint density at radius 3 is 2.15 bits per heavy atom. The molecule has 20 heavy (non-hydrogen) atoms. The van der Waals surface area contributed by atoms with Crippen LogP contribution in [0, 0.1) is 5.92 Å². The third-order valence-corrected chi connectivity index (χ3v) is 3.66. The van der Waals surface area contributed by atoms with Crippen molar-refractivity contribution in [3.63, 3.8) is 0 Å². The third-order valence-electron chi connectivity index (χ3n) is 3.66. The van der Waals surface area contributed by atoms with Crippen molar-refractivity contribution in [1.82, 2.24) is 0 Å². The summed E-state index contributed by atoms with van der Waals surface area (Å²) in [5.41, 5.74) is 9.39. The number of anilines is 1. The lowest BCUT2D eigenvalue weighted by Gasteiger charge is -2.23. The van der Waals surface area contributed by atoms with Gasteiger partial charge in [0.25, 0.3) is 0 Å². The molecule has 0 amide bonds. The van der Waals surface area contributed by atoms with Crippen molar-refractivity contribution in [2.24, 2.45) is 11.7 Å². The fourth-order valence-corrected chi connectivity index (χ4v) is 2.49. The Labute approximate surface area is 122 Å². The van der Waals surface area contributed by atoms with Gasteiger partial charge in [-0.25, -0.2) is 0 Å². The molecule has 2 N–H and O–H groups in total. The van der Waals surface area contributed by atoms with E-state index >= 15 is 0 Å². The molecule has 2 nitrogen and oxygen atoms in total. The highest BCUT2D eigenvalue weighted by atomic mass is 15.1. The maximum atomic E-state index is 5.61. The summed E-state index contributed by atoms with van der Waals surface area (Å²) >= 11 is 0. The van der Waals surface area contributed by atoms with Gasteiger partial charge >= 0.3 is 0 Å². The fraction of sp³-hybridized carbons (Fsp3) is 0.333. The molecule has 0 aliphatic heterocycles. The number of rotatable bonds is 6. The number of hydrogen-bond donors (Lipinski definition) is 1. The molecule has 0 bridgehead atoms. The second-order valence-electron chi connectivity index (χ2n) is 5.48. The average Bonchev–Trinajstić information content (AvgIpc) is 2.48. The third kappa shape index (κ3) is 3.84. The Morgan fingerprint density at radius 1 is 0.950 bits per heavy atom. The summed E-state index contributed by atoms with van der Waals surface area (Å²) in [6.07, 6.45) is 1.08. The lowest BCUT2D eigenvalue weighted by Crippen LogP contribution is -2.25. The topological polar surface area (TPSA) is 29.3 Å². The Balaban J connectivity index is 2.04. The van der Waals surface area contributed by atoms with E-state index in [-0.39, 0.29) is 0 Å². The van der Waals surface area contributed by atoms with E-state index in [2.05, 4.69) is 67.4 Å². The van der Waals surface area contributed by atoms with Gasteiger partial charge < -0.3 is 10.6 Å². The van der Waals surface area contributed by atoms with Gasteiger partial charge in [-0.15, -0.1) is 0 Å². The molecule has 0 spiro atoms. The summed E-state index contributed by atoms with van der Waals surface area (Å²) in [5, 5.41) is 0. The Morgan fingerprint density at radius 2 is 1.55 bits per heavy atom. The largest absolute Gasteiger partial charge is 0.374 e. The van der Waals surface area contributed by atoms with Crippen LogP contribution in [0.2, 0.25) is 0 Å². The van der Waals surface area contributed by atoms with Gasteiger partial charge in [0.15, 0.2) is 0 Å². The second-order valence-corrected chi connectivity index (χ2v) is 5.48. The highest BCUT2D eigenvalue weighted by Gasteiger charge is 2.07. The van der Waals surface area contributed by atoms with Crippen LogP contribution in [0.25, 0.3) is 11.1 Å². The van der Waals surface area contributed by atoms with Crippen LogP contribution in [0.1, 0.15) is 13.3 Å². The highest BCUT2D eigenvalue weighted by Crippen LogP contribution is 2.23. The average molecular weight is 268 g/mol. The van der Waals surface area contributed by atoms with Gasteiger partial charge in [-0.05, 0) is 42.1 Å². The molecular formula is C18H24N2. The molecule has 0 saturated carbocycles. The van der Waals surface area contributed by atoms with E-state index in [1.807, 2.05) is 6.07 Å². The molecule has 0 radical (unpaired) electrons. The molecule has 1 unspecified atom stereocenters. The van der Waals surface area contributed by atoms with Crippen molar-refractivity contribution in [3.8, 4) is 11.1 Å². The quantitative estimate of drug-likeness (QED) is 0.864. The molecule has 0 heterocycles. The van der Waals surface area contributed by atoms with Crippen LogP contribution in [0.5, 0.6) is 0 Å². The molecule has 0 aromatic heterocycles. The summed E-state index contributed by atoms with van der Waals surface area (Å²) in [4.78, 5) is 2.30. The van der Waals surface area contributed by atoms with E-state index < -0.39 is 0 Å². The molecule has 0 fully saturated rings. The maximum absolute atomic E-state index is 5.61. The molecule has 2 heteroatoms. The number of nitrogens with two attached hydrogens (primary N) is 1. The van der Waals surface area contributed by atoms with E-state index in [0.29, 0.717) is 5.92 Å². The first-order valence-electron chi connectivity index (χ1n) is 7.27. The van der Waals surface area contributed by atoms with Crippen molar-refractivity contribution < 1.29 is 0 Å². The van der Waals surface area contributed by atoms with Crippen LogP contribution in [0.4, 0.5) is 5.69 Å². The summed E-state index contributed by atoms with van der Waals surface area (Å²) in [6, 6.07) is 19.2. The first-order chi connectivity index (χ1) is 9.70. The summed E-state index contributed by atoms with van der Waals surface area (Å²) < 4.78 is 0. The summed E-state index contributed by atoms with van der Waals surface area (Å²) in [6.45, 7) is 4.06. The van der Waals surface area contributed by atoms with Gasteiger partial charge in [0.2, 0.25) is 0 Å². The zero-order chi connectivity index (χ0) is 14.4. The molecule has 0 aliphatic carbocycles. The van der Waals surface area contributed by atoms with E-state index in [9.17, 15) is 0 Å². The molecule has 2 aromatic carbocycles. The zero-order valence-corrected chi connectivity index (χ0v) is 12.4. The Bertz CT molecular complexity index is 505. The minimum atomic E-state index is 0.624. The highest BCUT2D eigenvalue weighted by molar-refractivity contribution is 5.66. The van der Waals surface area contributed by atoms with E-state index in [0.717, 1.165) is 19.5 Å². The van der Waals surface area contributed by atoms with E-state index in [1.54, 1.807) is 0 Å². The number of nitrogens with zero attached hydrogens (tertiary/aromatic N) is 1. The minimum absolute atomic E-state index is 0.624. The van der Waals surface area contributed by atoms with Crippen molar-refractivity contribution in [1.29, 1.82) is 0 Å². The van der Waals surface area contributed by atoms with Crippen LogP contribution in [-0.2, 0) is 0 Å². The minimum Gasteiger partial charge on any atom is -0.374 e. The summed E-state index contributed by atoms with van der Waals surface area (Å²) in [5.74, 6) is 0.624. The lowest BCUT2D eigenvalue weighted by atomic mass is 10.0. The molecule has 0 saturated heterocycles. The van der Waals surface area contributed by atoms with Crippen molar-refractivity contribution in [2.45, 2.75) is 13.3 Å². The first-order valence-corrected chi connectivity index (χ1v) is 7.27. The maximum Gasteiger partial charge on any atom is 0.0364 e. The first kappa shape index (κ1) is 14.6. The van der Waals surface area contributed by atoms with Gasteiger partial charge in [-0.3, -0.25) is 0 Å². The normalized spacial score (nSPS) is 12.2. The SMILES string of the molecule is CC(CCN)CN(C)c1ccc(-c2ccccc2)cc1. The molecule has 0 aliphatic rings. The fourth-order valence-electron chi connectivity index (χ4n) is 2.49. The Kier molecular flexibility index (Phi) is 5.19. The smallest absolute Gasteiger partial charge is 0.0364 e. The molecule has 2 aromatic rings. The molecule has 2 rings (SSSR count). The van der Waals surface area contributed by atoms with Gasteiger partial charge in [-0.1, -0.05) is 49.4 Å². The van der Waals surface area contributed by atoms with Crippen LogP contribution in [-0.4, -0.2) is 20.1 Å². The van der Waals surface area contributed by atoms with Crippen molar-refractivity contribution in [2.75, 3.05) is 25.0 Å². The van der Waals surface area contributed by atoms with Gasteiger partial charge in [0, 0.05) is 19.3 Å². The monoisotopic (exact) mass is 268 g/mol. The van der Waals surface area contributed by atoms with Crippen LogP contribution in [0.3, 0.4) is 0 Å². The van der Waals surface area contributed by atoms with Crippen LogP contribution >= 0.6 is 0 Å². The number of benzene rings is 2. The number of hydrogen-bond acceptors (Lipinski definition) is 2. The molecule has 1 atom stereocenters. The van der Waals surface area contributed by atoms with Crippen LogP contribution in [0.15, 0.2) is 54.6 Å². The van der Waals surface area contributed by atoms with Crippen molar-refractivity contribution in [3.05, 3.63) is 54.6 Å². The molecule has 106 valence electrons. The second kappa shape index (κ2) is 7.11. The molecular weight excluding hydrogens is 244 g/mol. The lowest BCUT2D eigenvalue weighted by molar-refractivity contribution is 0.539. The summed E-state index contributed by atoms with van der Waals surface area (Å²) in [7, 11) is 2.14. The Hall–Kier alpha value is -1.80. The van der Waals surface area contributed by atoms with Gasteiger partial charge in [0.05, 0.1) is 0 Å². The zero-order valence-electron chi connectivity index (χ0n) is 12.4. The van der Waals surface area contributed by atoms with E-state index in [1.165, 1.54) is 16.8 Å². The van der Waals surface area contributed by atoms with Crippen molar-refractivity contribution >= 4 is 5.69 Å². The van der Waals surface area contributed by atoms with Gasteiger partial charge in [-0.2, -0.15) is 0 Å². The van der Waals surface area contributed by atoms with Crippen LogP contribution < -0.4 is 10.6 Å². The predicted molar refractivity (Wildman–Crippen MR) is 88.0 cm³/mol.